The lowest BCUT2D eigenvalue weighted by Crippen LogP contribution is -2.36. The highest BCUT2D eigenvalue weighted by Crippen LogP contribution is 2.16. The molecule has 0 saturated heterocycles. The lowest BCUT2D eigenvalue weighted by atomic mass is 10.1. The van der Waals surface area contributed by atoms with Gasteiger partial charge in [-0.05, 0) is 45.6 Å². The second-order valence-corrected chi connectivity index (χ2v) is 5.41. The van der Waals surface area contributed by atoms with Crippen molar-refractivity contribution in [2.24, 2.45) is 0 Å². The van der Waals surface area contributed by atoms with E-state index in [9.17, 15) is 0 Å². The lowest BCUT2D eigenvalue weighted by Gasteiger charge is -2.23. The lowest BCUT2D eigenvalue weighted by molar-refractivity contribution is 0.295. The summed E-state index contributed by atoms with van der Waals surface area (Å²) in [5.41, 5.74) is 1.33. The van der Waals surface area contributed by atoms with Crippen molar-refractivity contribution in [3.8, 4) is 0 Å². The van der Waals surface area contributed by atoms with E-state index in [-0.39, 0.29) is 0 Å². The highest BCUT2D eigenvalue weighted by Gasteiger charge is 2.08. The van der Waals surface area contributed by atoms with Crippen molar-refractivity contribution in [1.29, 1.82) is 0 Å². The van der Waals surface area contributed by atoms with Crippen molar-refractivity contribution in [3.63, 3.8) is 0 Å². The molecule has 0 heterocycles. The van der Waals surface area contributed by atoms with Gasteiger partial charge in [0.15, 0.2) is 0 Å². The van der Waals surface area contributed by atoms with E-state index >= 15 is 0 Å². The highest BCUT2D eigenvalue weighted by atomic mass is 79.9. The van der Waals surface area contributed by atoms with Crippen molar-refractivity contribution >= 4 is 15.9 Å². The van der Waals surface area contributed by atoms with E-state index in [1.54, 1.807) is 0 Å². The maximum Gasteiger partial charge on any atom is 0.0292 e. The van der Waals surface area contributed by atoms with Crippen LogP contribution in [0.4, 0.5) is 0 Å². The summed E-state index contributed by atoms with van der Waals surface area (Å²) in [6.07, 6.45) is 0. The van der Waals surface area contributed by atoms with Crippen LogP contribution in [0.1, 0.15) is 25.5 Å². The SMILES string of the molecule is CC(NCC(C)N(C)C)c1ccc(Br)cc1. The summed E-state index contributed by atoms with van der Waals surface area (Å²) in [7, 11) is 4.22. The van der Waals surface area contributed by atoms with Crippen molar-refractivity contribution < 1.29 is 0 Å². The van der Waals surface area contributed by atoms with Crippen LogP contribution < -0.4 is 5.32 Å². The largest absolute Gasteiger partial charge is 0.309 e. The van der Waals surface area contributed by atoms with E-state index in [4.69, 9.17) is 0 Å². The van der Waals surface area contributed by atoms with Gasteiger partial charge < -0.3 is 10.2 Å². The number of nitrogens with zero attached hydrogens (tertiary/aromatic N) is 1. The predicted octanol–water partition coefficient (Wildman–Crippen LogP) is 3.05. The molecule has 3 heteroatoms. The molecule has 1 aromatic rings. The maximum atomic E-state index is 3.54. The van der Waals surface area contributed by atoms with E-state index in [1.807, 2.05) is 0 Å². The Balaban J connectivity index is 2.46. The number of hydrogen-bond donors (Lipinski definition) is 1. The molecule has 0 bridgehead atoms. The Morgan fingerprint density at radius 3 is 2.25 bits per heavy atom. The molecule has 2 atom stereocenters. The normalized spacial score (nSPS) is 15.1. The zero-order valence-electron chi connectivity index (χ0n) is 10.5. The zero-order chi connectivity index (χ0) is 12.1. The number of hydrogen-bond acceptors (Lipinski definition) is 2. The van der Waals surface area contributed by atoms with Gasteiger partial charge in [-0.3, -0.25) is 0 Å². The molecule has 0 saturated carbocycles. The summed E-state index contributed by atoms with van der Waals surface area (Å²) in [6.45, 7) is 5.43. The van der Waals surface area contributed by atoms with Gasteiger partial charge in [0.05, 0.1) is 0 Å². The Morgan fingerprint density at radius 2 is 1.75 bits per heavy atom. The number of rotatable bonds is 5. The third kappa shape index (κ3) is 4.24. The minimum atomic E-state index is 0.399. The Hall–Kier alpha value is -0.380. The van der Waals surface area contributed by atoms with Crippen LogP contribution >= 0.6 is 15.9 Å². The Kier molecular flexibility index (Phi) is 5.46. The van der Waals surface area contributed by atoms with E-state index in [2.05, 4.69) is 78.4 Å². The van der Waals surface area contributed by atoms with Crippen LogP contribution in [0.5, 0.6) is 0 Å². The molecule has 2 nitrogen and oxygen atoms in total. The first-order chi connectivity index (χ1) is 7.50. The molecule has 16 heavy (non-hydrogen) atoms. The predicted molar refractivity (Wildman–Crippen MR) is 73.7 cm³/mol. The molecular weight excluding hydrogens is 264 g/mol. The highest BCUT2D eigenvalue weighted by molar-refractivity contribution is 9.10. The Bertz CT molecular complexity index is 308. The van der Waals surface area contributed by atoms with Gasteiger partial charge >= 0.3 is 0 Å². The van der Waals surface area contributed by atoms with E-state index in [0.29, 0.717) is 12.1 Å². The molecule has 0 aliphatic rings. The van der Waals surface area contributed by atoms with Crippen molar-refractivity contribution in [1.82, 2.24) is 10.2 Å². The third-order valence-electron chi connectivity index (χ3n) is 2.97. The Morgan fingerprint density at radius 1 is 1.19 bits per heavy atom. The molecule has 0 aromatic heterocycles. The third-order valence-corrected chi connectivity index (χ3v) is 3.50. The maximum absolute atomic E-state index is 3.54. The van der Waals surface area contributed by atoms with Crippen LogP contribution in [0, 0.1) is 0 Å². The van der Waals surface area contributed by atoms with Crippen LogP contribution in [0.3, 0.4) is 0 Å². The van der Waals surface area contributed by atoms with Gasteiger partial charge in [-0.25, -0.2) is 0 Å². The number of benzene rings is 1. The van der Waals surface area contributed by atoms with Crippen molar-refractivity contribution in [2.45, 2.75) is 25.9 Å². The average Bonchev–Trinajstić information content (AvgIpc) is 2.26. The van der Waals surface area contributed by atoms with Gasteiger partial charge in [0.25, 0.3) is 0 Å². The minimum Gasteiger partial charge on any atom is -0.309 e. The van der Waals surface area contributed by atoms with Gasteiger partial charge in [0, 0.05) is 23.1 Å². The van der Waals surface area contributed by atoms with E-state index in [0.717, 1.165) is 11.0 Å². The summed E-state index contributed by atoms with van der Waals surface area (Å²) in [6, 6.07) is 9.43. The molecule has 1 N–H and O–H groups in total. The first-order valence-electron chi connectivity index (χ1n) is 5.66. The topological polar surface area (TPSA) is 15.3 Å². The molecule has 1 aromatic carbocycles. The fraction of sp³-hybridized carbons (Fsp3) is 0.538. The average molecular weight is 285 g/mol. The standard InChI is InChI=1S/C13H21BrN2/c1-10(16(3)4)9-15-11(2)12-5-7-13(14)8-6-12/h5-8,10-11,15H,9H2,1-4H3. The number of likely N-dealkylation sites (N-methyl/N-ethyl adjacent to an activating group) is 1. The van der Waals surface area contributed by atoms with Crippen LogP contribution in [0.15, 0.2) is 28.7 Å². The molecule has 0 spiro atoms. The first-order valence-corrected chi connectivity index (χ1v) is 6.45. The summed E-state index contributed by atoms with van der Waals surface area (Å²) in [4.78, 5) is 2.22. The monoisotopic (exact) mass is 284 g/mol. The number of nitrogens with one attached hydrogen (secondary N) is 1. The molecule has 0 aliphatic carbocycles. The molecule has 1 rings (SSSR count). The molecular formula is C13H21BrN2. The van der Waals surface area contributed by atoms with Crippen molar-refractivity contribution in [2.75, 3.05) is 20.6 Å². The first kappa shape index (κ1) is 13.7. The van der Waals surface area contributed by atoms with Gasteiger partial charge in [-0.15, -0.1) is 0 Å². The fourth-order valence-corrected chi connectivity index (χ4v) is 1.66. The van der Waals surface area contributed by atoms with Gasteiger partial charge in [0.2, 0.25) is 0 Å². The van der Waals surface area contributed by atoms with Gasteiger partial charge in [0.1, 0.15) is 0 Å². The molecule has 0 fully saturated rings. The molecule has 0 radical (unpaired) electrons. The quantitative estimate of drug-likeness (QED) is 0.894. The zero-order valence-corrected chi connectivity index (χ0v) is 12.1. The second kappa shape index (κ2) is 6.38. The van der Waals surface area contributed by atoms with E-state index in [1.165, 1.54) is 5.56 Å². The van der Waals surface area contributed by atoms with Gasteiger partial charge in [-0.1, -0.05) is 28.1 Å². The van der Waals surface area contributed by atoms with Crippen LogP contribution in [0.25, 0.3) is 0 Å². The molecule has 90 valence electrons. The Labute approximate surface area is 107 Å². The van der Waals surface area contributed by atoms with E-state index < -0.39 is 0 Å². The second-order valence-electron chi connectivity index (χ2n) is 4.49. The van der Waals surface area contributed by atoms with Crippen LogP contribution in [0.2, 0.25) is 0 Å². The molecule has 0 amide bonds. The smallest absolute Gasteiger partial charge is 0.0292 e. The van der Waals surface area contributed by atoms with Crippen molar-refractivity contribution in [3.05, 3.63) is 34.3 Å². The van der Waals surface area contributed by atoms with Crippen LogP contribution in [-0.2, 0) is 0 Å². The van der Waals surface area contributed by atoms with Crippen LogP contribution in [-0.4, -0.2) is 31.6 Å². The summed E-state index contributed by atoms with van der Waals surface area (Å²) < 4.78 is 1.13. The summed E-state index contributed by atoms with van der Waals surface area (Å²) in [5, 5.41) is 3.54. The number of halogens is 1. The summed E-state index contributed by atoms with van der Waals surface area (Å²) in [5.74, 6) is 0. The fourth-order valence-electron chi connectivity index (χ4n) is 1.40. The van der Waals surface area contributed by atoms with Gasteiger partial charge in [-0.2, -0.15) is 0 Å². The summed E-state index contributed by atoms with van der Waals surface area (Å²) >= 11 is 3.45. The molecule has 0 aliphatic heterocycles. The molecule has 2 unspecified atom stereocenters. The minimum absolute atomic E-state index is 0.399.